The van der Waals surface area contributed by atoms with E-state index in [1.807, 2.05) is 26.0 Å². The fraction of sp³-hybridized carbons (Fsp3) is 0.438. The summed E-state index contributed by atoms with van der Waals surface area (Å²) in [5.41, 5.74) is 3.94. The fourth-order valence-corrected chi connectivity index (χ4v) is 2.24. The third kappa shape index (κ3) is 3.62. The van der Waals surface area contributed by atoms with Gasteiger partial charge in [-0.25, -0.2) is 0 Å². The second kappa shape index (κ2) is 6.74. The van der Waals surface area contributed by atoms with E-state index in [0.717, 1.165) is 27.7 Å². The number of nitrogens with one attached hydrogen (secondary N) is 1. The number of furan rings is 1. The lowest BCUT2D eigenvalue weighted by atomic mass is 10.0. The first-order valence-corrected chi connectivity index (χ1v) is 6.93. The molecule has 0 saturated carbocycles. The number of methoxy groups -OCH3 is 1. The molecule has 0 saturated heterocycles. The SMILES string of the molecule is COCC(O)CNC(=O)Cc1coc2c(C)c(C)ccc12. The summed E-state index contributed by atoms with van der Waals surface area (Å²) in [4.78, 5) is 11.9. The molecule has 0 aliphatic heterocycles. The van der Waals surface area contributed by atoms with Crippen molar-refractivity contribution < 1.29 is 19.1 Å². The Balaban J connectivity index is 2.03. The van der Waals surface area contributed by atoms with Crippen molar-refractivity contribution in [3.8, 4) is 0 Å². The van der Waals surface area contributed by atoms with Crippen LogP contribution in [0.25, 0.3) is 11.0 Å². The summed E-state index contributed by atoms with van der Waals surface area (Å²) in [5, 5.41) is 13.2. The summed E-state index contributed by atoms with van der Waals surface area (Å²) in [5.74, 6) is -0.147. The molecule has 0 bridgehead atoms. The Morgan fingerprint density at radius 3 is 2.90 bits per heavy atom. The Kier molecular flexibility index (Phi) is 4.98. The lowest BCUT2D eigenvalue weighted by Gasteiger charge is -2.10. The Hall–Kier alpha value is -1.85. The van der Waals surface area contributed by atoms with E-state index in [4.69, 9.17) is 9.15 Å². The van der Waals surface area contributed by atoms with E-state index >= 15 is 0 Å². The van der Waals surface area contributed by atoms with Crippen LogP contribution in [0, 0.1) is 13.8 Å². The summed E-state index contributed by atoms with van der Waals surface area (Å²) in [7, 11) is 1.51. The summed E-state index contributed by atoms with van der Waals surface area (Å²) in [6.45, 7) is 4.42. The summed E-state index contributed by atoms with van der Waals surface area (Å²) < 4.78 is 10.4. The van der Waals surface area contributed by atoms with E-state index in [0.29, 0.717) is 0 Å². The number of aryl methyl sites for hydroxylation is 2. The normalized spacial score (nSPS) is 12.6. The van der Waals surface area contributed by atoms with Crippen LogP contribution in [0.15, 0.2) is 22.8 Å². The zero-order chi connectivity index (χ0) is 15.4. The Bertz CT molecular complexity index is 632. The number of carbonyl (C=O) groups excluding carboxylic acids is 1. The number of rotatable bonds is 6. The summed E-state index contributed by atoms with van der Waals surface area (Å²) >= 11 is 0. The van der Waals surface area contributed by atoms with Crippen molar-refractivity contribution in [2.45, 2.75) is 26.4 Å². The Morgan fingerprint density at radius 1 is 1.43 bits per heavy atom. The van der Waals surface area contributed by atoms with Gasteiger partial charge in [-0.2, -0.15) is 0 Å². The number of hydrogen-bond acceptors (Lipinski definition) is 4. The molecule has 0 fully saturated rings. The second-order valence-corrected chi connectivity index (χ2v) is 5.24. The van der Waals surface area contributed by atoms with Gasteiger partial charge in [0.2, 0.25) is 5.91 Å². The number of amides is 1. The van der Waals surface area contributed by atoms with Gasteiger partial charge in [0, 0.05) is 24.6 Å². The van der Waals surface area contributed by atoms with Crippen molar-refractivity contribution in [2.75, 3.05) is 20.3 Å². The van der Waals surface area contributed by atoms with E-state index in [1.54, 1.807) is 6.26 Å². The average molecular weight is 291 g/mol. The van der Waals surface area contributed by atoms with E-state index in [9.17, 15) is 9.90 Å². The summed E-state index contributed by atoms with van der Waals surface area (Å²) in [6.07, 6.45) is 1.17. The van der Waals surface area contributed by atoms with Crippen LogP contribution in [-0.4, -0.2) is 37.4 Å². The molecule has 2 rings (SSSR count). The molecule has 1 unspecified atom stereocenters. The molecule has 5 heteroatoms. The third-order valence-electron chi connectivity index (χ3n) is 3.59. The number of carbonyl (C=O) groups is 1. The highest BCUT2D eigenvalue weighted by Crippen LogP contribution is 2.26. The summed E-state index contributed by atoms with van der Waals surface area (Å²) in [6, 6.07) is 4.00. The van der Waals surface area contributed by atoms with E-state index < -0.39 is 6.10 Å². The van der Waals surface area contributed by atoms with Gasteiger partial charge < -0.3 is 19.6 Å². The monoisotopic (exact) mass is 291 g/mol. The molecule has 1 heterocycles. The van der Waals surface area contributed by atoms with Crippen molar-refractivity contribution >= 4 is 16.9 Å². The topological polar surface area (TPSA) is 71.7 Å². The predicted molar refractivity (Wildman–Crippen MR) is 80.3 cm³/mol. The molecule has 0 radical (unpaired) electrons. The van der Waals surface area contributed by atoms with Crippen LogP contribution < -0.4 is 5.32 Å². The van der Waals surface area contributed by atoms with Gasteiger partial charge in [0.15, 0.2) is 0 Å². The predicted octanol–water partition coefficient (Wildman–Crippen LogP) is 1.72. The second-order valence-electron chi connectivity index (χ2n) is 5.24. The first-order chi connectivity index (χ1) is 10.0. The third-order valence-corrected chi connectivity index (χ3v) is 3.59. The van der Waals surface area contributed by atoms with Crippen LogP contribution in [-0.2, 0) is 16.0 Å². The molecule has 0 aliphatic rings. The quantitative estimate of drug-likeness (QED) is 0.850. The van der Waals surface area contributed by atoms with Gasteiger partial charge in [-0.1, -0.05) is 12.1 Å². The highest BCUT2D eigenvalue weighted by atomic mass is 16.5. The molecule has 0 spiro atoms. The highest BCUT2D eigenvalue weighted by Gasteiger charge is 2.13. The number of aliphatic hydroxyl groups is 1. The maximum Gasteiger partial charge on any atom is 0.224 e. The first kappa shape index (κ1) is 15.5. The molecule has 0 aliphatic carbocycles. The van der Waals surface area contributed by atoms with E-state index in [1.165, 1.54) is 7.11 Å². The Labute approximate surface area is 123 Å². The van der Waals surface area contributed by atoms with Crippen LogP contribution in [0.3, 0.4) is 0 Å². The molecule has 1 aromatic heterocycles. The van der Waals surface area contributed by atoms with Crippen molar-refractivity contribution in [1.29, 1.82) is 0 Å². The molecule has 5 nitrogen and oxygen atoms in total. The van der Waals surface area contributed by atoms with Crippen molar-refractivity contribution in [3.05, 3.63) is 35.1 Å². The van der Waals surface area contributed by atoms with Crippen LogP contribution in [0.1, 0.15) is 16.7 Å². The molecule has 2 N–H and O–H groups in total. The van der Waals surface area contributed by atoms with E-state index in [-0.39, 0.29) is 25.5 Å². The van der Waals surface area contributed by atoms with Crippen molar-refractivity contribution in [2.24, 2.45) is 0 Å². The average Bonchev–Trinajstić information content (AvgIpc) is 2.85. The Morgan fingerprint density at radius 2 is 2.19 bits per heavy atom. The molecule has 2 aromatic rings. The number of fused-ring (bicyclic) bond motifs is 1. The molecular formula is C16H21NO4. The molecule has 1 aromatic carbocycles. The maximum atomic E-state index is 11.9. The number of aliphatic hydroxyl groups excluding tert-OH is 1. The minimum atomic E-state index is -0.690. The van der Waals surface area contributed by atoms with Gasteiger partial charge in [0.1, 0.15) is 5.58 Å². The zero-order valence-electron chi connectivity index (χ0n) is 12.6. The van der Waals surface area contributed by atoms with Gasteiger partial charge in [0.25, 0.3) is 0 Å². The molecule has 21 heavy (non-hydrogen) atoms. The maximum absolute atomic E-state index is 11.9. The fourth-order valence-electron chi connectivity index (χ4n) is 2.24. The lowest BCUT2D eigenvalue weighted by Crippen LogP contribution is -2.35. The molecule has 1 atom stereocenters. The van der Waals surface area contributed by atoms with Crippen LogP contribution in [0.4, 0.5) is 0 Å². The van der Waals surface area contributed by atoms with Gasteiger partial charge in [-0.3, -0.25) is 4.79 Å². The van der Waals surface area contributed by atoms with E-state index in [2.05, 4.69) is 5.32 Å². The number of hydrogen-bond donors (Lipinski definition) is 2. The first-order valence-electron chi connectivity index (χ1n) is 6.93. The molecule has 1 amide bonds. The highest BCUT2D eigenvalue weighted by molar-refractivity contribution is 5.89. The van der Waals surface area contributed by atoms with Gasteiger partial charge in [-0.05, 0) is 25.0 Å². The lowest BCUT2D eigenvalue weighted by molar-refractivity contribution is -0.121. The molecular weight excluding hydrogens is 270 g/mol. The van der Waals surface area contributed by atoms with Crippen LogP contribution >= 0.6 is 0 Å². The van der Waals surface area contributed by atoms with Gasteiger partial charge in [0.05, 0.1) is 25.4 Å². The smallest absolute Gasteiger partial charge is 0.224 e. The minimum absolute atomic E-state index is 0.147. The van der Waals surface area contributed by atoms with Crippen molar-refractivity contribution in [3.63, 3.8) is 0 Å². The number of benzene rings is 1. The van der Waals surface area contributed by atoms with Gasteiger partial charge in [-0.15, -0.1) is 0 Å². The molecule has 114 valence electrons. The zero-order valence-corrected chi connectivity index (χ0v) is 12.6. The largest absolute Gasteiger partial charge is 0.464 e. The van der Waals surface area contributed by atoms with Crippen LogP contribution in [0.5, 0.6) is 0 Å². The minimum Gasteiger partial charge on any atom is -0.464 e. The van der Waals surface area contributed by atoms with Crippen molar-refractivity contribution in [1.82, 2.24) is 5.32 Å². The van der Waals surface area contributed by atoms with Crippen LogP contribution in [0.2, 0.25) is 0 Å². The standard InChI is InChI=1S/C16H21NO4/c1-10-4-5-14-12(8-21-16(14)11(10)2)6-15(19)17-7-13(18)9-20-3/h4-5,8,13,18H,6-7,9H2,1-3H3,(H,17,19). The number of ether oxygens (including phenoxy) is 1. The van der Waals surface area contributed by atoms with Gasteiger partial charge >= 0.3 is 0 Å².